The fourth-order valence-corrected chi connectivity index (χ4v) is 12.2. The molecule has 0 aromatic heterocycles. The van der Waals surface area contributed by atoms with E-state index in [4.69, 9.17) is 0 Å². The third-order valence-electron chi connectivity index (χ3n) is 14.8. The van der Waals surface area contributed by atoms with E-state index in [-0.39, 0.29) is 6.71 Å². The summed E-state index contributed by atoms with van der Waals surface area (Å²) in [6.07, 6.45) is 1.94. The third-order valence-corrected chi connectivity index (χ3v) is 14.8. The van der Waals surface area contributed by atoms with Crippen molar-refractivity contribution >= 4 is 77.0 Å². The molecule has 310 valence electrons. The van der Waals surface area contributed by atoms with Gasteiger partial charge in [-0.3, -0.25) is 0 Å². The summed E-state index contributed by atoms with van der Waals surface area (Å²) in [5.74, 6) is 0. The highest BCUT2D eigenvalue weighted by Crippen LogP contribution is 2.47. The van der Waals surface area contributed by atoms with Crippen molar-refractivity contribution in [1.82, 2.24) is 0 Å². The predicted molar refractivity (Wildman–Crippen MR) is 284 cm³/mol. The Hall–Kier alpha value is -7.22. The van der Waals surface area contributed by atoms with Gasteiger partial charge in [-0.1, -0.05) is 201 Å². The van der Waals surface area contributed by atoms with Crippen LogP contribution in [-0.2, 0) is 12.8 Å². The van der Waals surface area contributed by atoms with E-state index in [0.717, 1.165) is 12.8 Å². The average Bonchev–Trinajstić information content (AvgIpc) is 3.31. The normalized spacial score (nSPS) is 12.3. The molecule has 0 radical (unpaired) electrons. The molecule has 0 fully saturated rings. The van der Waals surface area contributed by atoms with E-state index < -0.39 is 0 Å². The van der Waals surface area contributed by atoms with Gasteiger partial charge in [0, 0.05) is 0 Å². The monoisotopic (exact) mass is 830 g/mol. The van der Waals surface area contributed by atoms with Gasteiger partial charge >= 0.3 is 0 Å². The summed E-state index contributed by atoms with van der Waals surface area (Å²) < 4.78 is 0. The van der Waals surface area contributed by atoms with Gasteiger partial charge in [0.25, 0.3) is 0 Å². The minimum atomic E-state index is 0.0511. The first-order chi connectivity index (χ1) is 31.7. The van der Waals surface area contributed by atoms with Crippen molar-refractivity contribution in [2.45, 2.75) is 54.4 Å². The van der Waals surface area contributed by atoms with Crippen LogP contribution < -0.4 is 16.4 Å². The number of hydrogen-bond acceptors (Lipinski definition) is 0. The molecule has 11 aromatic carbocycles. The van der Waals surface area contributed by atoms with Crippen LogP contribution in [0.2, 0.25) is 0 Å². The summed E-state index contributed by atoms with van der Waals surface area (Å²) in [5.41, 5.74) is 23.1. The number of aryl methyl sites for hydroxylation is 8. The van der Waals surface area contributed by atoms with Crippen molar-refractivity contribution in [3.8, 4) is 33.4 Å². The summed E-state index contributed by atoms with van der Waals surface area (Å²) in [4.78, 5) is 0. The second kappa shape index (κ2) is 15.2. The van der Waals surface area contributed by atoms with E-state index in [1.54, 1.807) is 0 Å². The van der Waals surface area contributed by atoms with E-state index in [1.807, 2.05) is 0 Å². The highest BCUT2D eigenvalue weighted by Gasteiger charge is 2.34. The molecule has 0 spiro atoms. The highest BCUT2D eigenvalue weighted by molar-refractivity contribution is 6.97. The van der Waals surface area contributed by atoms with Crippen LogP contribution in [0.5, 0.6) is 0 Å². The van der Waals surface area contributed by atoms with E-state index >= 15 is 0 Å². The molecule has 12 rings (SSSR count). The van der Waals surface area contributed by atoms with Crippen molar-refractivity contribution in [2.75, 3.05) is 0 Å². The average molecular weight is 831 g/mol. The fourth-order valence-electron chi connectivity index (χ4n) is 12.2. The molecule has 0 saturated heterocycles. The lowest BCUT2D eigenvalue weighted by molar-refractivity contribution is 0.976. The van der Waals surface area contributed by atoms with Gasteiger partial charge < -0.3 is 0 Å². The Kier molecular flexibility index (Phi) is 9.22. The van der Waals surface area contributed by atoms with Gasteiger partial charge in [0.1, 0.15) is 0 Å². The van der Waals surface area contributed by atoms with Crippen LogP contribution in [-0.4, -0.2) is 6.71 Å². The molecule has 0 unspecified atom stereocenters. The Morgan fingerprint density at radius 2 is 0.692 bits per heavy atom. The largest absolute Gasteiger partial charge is 0.242 e. The molecule has 65 heavy (non-hydrogen) atoms. The molecule has 0 amide bonds. The molecule has 0 nitrogen and oxygen atoms in total. The first-order valence-electron chi connectivity index (χ1n) is 23.4. The van der Waals surface area contributed by atoms with Crippen LogP contribution in [0.25, 0.3) is 87.2 Å². The minimum Gasteiger partial charge on any atom is -0.0642 e. The van der Waals surface area contributed by atoms with Crippen molar-refractivity contribution in [1.29, 1.82) is 0 Å². The topological polar surface area (TPSA) is 0 Å². The lowest BCUT2D eigenvalue weighted by Gasteiger charge is -2.31. The molecular weight excluding hydrogens is 780 g/mol. The number of fused-ring (bicyclic) bond motifs is 3. The van der Waals surface area contributed by atoms with E-state index in [0.29, 0.717) is 0 Å². The predicted octanol–water partition coefficient (Wildman–Crippen LogP) is 14.9. The fraction of sp³-hybridized carbons (Fsp3) is 0.125. The summed E-state index contributed by atoms with van der Waals surface area (Å²) in [6.45, 7) is 13.9. The molecule has 1 aliphatic carbocycles. The van der Waals surface area contributed by atoms with Crippen LogP contribution in [0.3, 0.4) is 0 Å². The standard InChI is InChI=1S/C64H51B/c1-38-29-40(3)63(41(4)30-38)65(64-42(5)31-39(2)32-43(64)6)60-37-59(52-24-21-46-15-9-12-18-49(46)35-52)55-26-25-53-57(50-22-19-44-13-7-10-16-47(44)33-50)36-58(54-27-28-56(60)62(55)61(53)54)51-23-20-45-14-8-11-17-48(45)34-51/h7-26,29-37H,27-28H2,1-6H3. The Labute approximate surface area is 383 Å². The molecule has 11 aromatic rings. The molecule has 0 bridgehead atoms. The van der Waals surface area contributed by atoms with Gasteiger partial charge in [0.15, 0.2) is 0 Å². The maximum Gasteiger partial charge on any atom is 0.242 e. The lowest BCUT2D eigenvalue weighted by Crippen LogP contribution is -2.57. The zero-order valence-corrected chi connectivity index (χ0v) is 38.2. The van der Waals surface area contributed by atoms with Gasteiger partial charge in [0.2, 0.25) is 6.71 Å². The number of hydrogen-bond donors (Lipinski definition) is 0. The van der Waals surface area contributed by atoms with E-state index in [9.17, 15) is 0 Å². The molecule has 1 heteroatoms. The Morgan fingerprint density at radius 1 is 0.323 bits per heavy atom. The minimum absolute atomic E-state index is 0.0511. The second-order valence-electron chi connectivity index (χ2n) is 19.1. The summed E-state index contributed by atoms with van der Waals surface area (Å²) in [6, 6.07) is 67.3. The third kappa shape index (κ3) is 6.43. The Bertz CT molecular complexity index is 3690. The molecule has 0 aliphatic heterocycles. The van der Waals surface area contributed by atoms with Gasteiger partial charge in [-0.15, -0.1) is 0 Å². The van der Waals surface area contributed by atoms with Crippen molar-refractivity contribution in [2.24, 2.45) is 0 Å². The van der Waals surface area contributed by atoms with Gasteiger partial charge in [-0.2, -0.15) is 0 Å². The van der Waals surface area contributed by atoms with E-state index in [2.05, 4.69) is 217 Å². The number of rotatable bonds is 6. The second-order valence-corrected chi connectivity index (χ2v) is 19.1. The summed E-state index contributed by atoms with van der Waals surface area (Å²) >= 11 is 0. The molecule has 0 N–H and O–H groups in total. The summed E-state index contributed by atoms with van der Waals surface area (Å²) in [7, 11) is 0. The molecule has 0 atom stereocenters. The van der Waals surface area contributed by atoms with Crippen LogP contribution in [0.15, 0.2) is 176 Å². The molecular formula is C64H51B. The smallest absolute Gasteiger partial charge is 0.0642 e. The maximum atomic E-state index is 2.62. The zero-order valence-electron chi connectivity index (χ0n) is 38.2. The first kappa shape index (κ1) is 39.4. The summed E-state index contributed by atoms with van der Waals surface area (Å²) in [5, 5.41) is 13.1. The molecule has 1 aliphatic rings. The maximum absolute atomic E-state index is 2.62. The SMILES string of the molecule is Cc1cc(C)c(B(c2cc(-c3ccc4ccccc4c3)c3ccc4c(-c5ccc6ccccc6c5)cc(-c5ccc6ccccc6c5)c5c4c3c2CC5)c2c(C)cc(C)cc2C)c(C)c1. The van der Waals surface area contributed by atoms with E-state index in [1.165, 1.54) is 148 Å². The molecule has 0 saturated carbocycles. The van der Waals surface area contributed by atoms with Crippen LogP contribution >= 0.6 is 0 Å². The van der Waals surface area contributed by atoms with Gasteiger partial charge in [-0.05, 0) is 177 Å². The van der Waals surface area contributed by atoms with Crippen molar-refractivity contribution in [3.63, 3.8) is 0 Å². The quantitative estimate of drug-likeness (QED) is 0.116. The van der Waals surface area contributed by atoms with Crippen LogP contribution in [0.1, 0.15) is 44.5 Å². The van der Waals surface area contributed by atoms with Gasteiger partial charge in [0.05, 0.1) is 0 Å². The van der Waals surface area contributed by atoms with Gasteiger partial charge in [-0.25, -0.2) is 0 Å². The highest BCUT2D eigenvalue weighted by atomic mass is 14.3. The first-order valence-corrected chi connectivity index (χ1v) is 23.4. The Morgan fingerprint density at radius 3 is 1.14 bits per heavy atom. The zero-order chi connectivity index (χ0) is 44.1. The lowest BCUT2D eigenvalue weighted by atomic mass is 9.33. The molecule has 0 heterocycles. The number of benzene rings is 11. The Balaban J connectivity index is 1.26. The van der Waals surface area contributed by atoms with Crippen molar-refractivity contribution in [3.05, 3.63) is 220 Å². The van der Waals surface area contributed by atoms with Crippen LogP contribution in [0, 0.1) is 41.5 Å². The van der Waals surface area contributed by atoms with Crippen molar-refractivity contribution < 1.29 is 0 Å². The van der Waals surface area contributed by atoms with Crippen LogP contribution in [0.4, 0.5) is 0 Å².